The van der Waals surface area contributed by atoms with Gasteiger partial charge in [-0.1, -0.05) is 56.5 Å². The molecule has 0 aliphatic rings. The van der Waals surface area contributed by atoms with Gasteiger partial charge in [0, 0.05) is 5.56 Å². The lowest BCUT2D eigenvalue weighted by atomic mass is 10.1. The summed E-state index contributed by atoms with van der Waals surface area (Å²) in [4.78, 5) is 12.3. The lowest BCUT2D eigenvalue weighted by molar-refractivity contribution is 0.0940. The van der Waals surface area contributed by atoms with E-state index in [0.717, 1.165) is 24.3 Å². The minimum atomic E-state index is -0.0687. The molecule has 0 aromatic heterocycles. The molecule has 0 saturated heterocycles. The zero-order chi connectivity index (χ0) is 17.2. The quantitative estimate of drug-likeness (QED) is 0.649. The van der Waals surface area contributed by atoms with Crippen molar-refractivity contribution in [3.05, 3.63) is 65.7 Å². The normalized spacial score (nSPS) is 11.8. The molecule has 0 spiro atoms. The summed E-state index contributed by atoms with van der Waals surface area (Å²) in [6.45, 7) is 4.92. The molecule has 3 nitrogen and oxygen atoms in total. The number of ether oxygens (including phenoxy) is 1. The summed E-state index contributed by atoms with van der Waals surface area (Å²) in [6, 6.07) is 17.3. The third-order valence-electron chi connectivity index (χ3n) is 4.03. The van der Waals surface area contributed by atoms with Crippen molar-refractivity contribution in [2.45, 2.75) is 45.6 Å². The molecule has 24 heavy (non-hydrogen) atoms. The number of benzene rings is 2. The van der Waals surface area contributed by atoms with E-state index in [0.29, 0.717) is 5.56 Å². The molecular formula is C21H27NO2. The smallest absolute Gasteiger partial charge is 0.251 e. The Morgan fingerprint density at radius 2 is 1.71 bits per heavy atom. The van der Waals surface area contributed by atoms with Crippen molar-refractivity contribution in [3.63, 3.8) is 0 Å². The molecule has 2 aromatic rings. The minimum absolute atomic E-state index is 0.0202. The Hall–Kier alpha value is -2.29. The van der Waals surface area contributed by atoms with Crippen LogP contribution in [-0.2, 0) is 0 Å². The molecule has 0 saturated carbocycles. The van der Waals surface area contributed by atoms with Crippen LogP contribution in [-0.4, -0.2) is 12.5 Å². The lowest BCUT2D eigenvalue weighted by Gasteiger charge is -2.14. The Morgan fingerprint density at radius 3 is 2.38 bits per heavy atom. The maximum Gasteiger partial charge on any atom is 0.251 e. The highest BCUT2D eigenvalue weighted by Gasteiger charge is 2.11. The van der Waals surface area contributed by atoms with Gasteiger partial charge in [0.05, 0.1) is 12.6 Å². The van der Waals surface area contributed by atoms with Crippen LogP contribution in [0.15, 0.2) is 54.6 Å². The summed E-state index contributed by atoms with van der Waals surface area (Å²) in [5, 5.41) is 3.02. The number of amides is 1. The number of carbonyl (C=O) groups is 1. The predicted octanol–water partition coefficient (Wildman–Crippen LogP) is 5.14. The molecule has 0 aliphatic heterocycles. The molecular weight excluding hydrogens is 298 g/mol. The maximum absolute atomic E-state index is 12.3. The summed E-state index contributed by atoms with van der Waals surface area (Å²) < 4.78 is 5.71. The van der Waals surface area contributed by atoms with Crippen molar-refractivity contribution in [3.8, 4) is 5.75 Å². The Labute approximate surface area is 145 Å². The second-order valence-electron chi connectivity index (χ2n) is 6.04. The molecule has 3 heteroatoms. The number of hydrogen-bond donors (Lipinski definition) is 1. The molecule has 0 fully saturated rings. The van der Waals surface area contributed by atoms with Gasteiger partial charge in [-0.25, -0.2) is 0 Å². The number of hydrogen-bond acceptors (Lipinski definition) is 2. The monoisotopic (exact) mass is 325 g/mol. The van der Waals surface area contributed by atoms with Crippen molar-refractivity contribution in [2.24, 2.45) is 0 Å². The number of unbranched alkanes of at least 4 members (excludes halogenated alkanes) is 3. The van der Waals surface area contributed by atoms with Crippen LogP contribution in [0.5, 0.6) is 5.75 Å². The molecule has 128 valence electrons. The second kappa shape index (κ2) is 9.76. The van der Waals surface area contributed by atoms with E-state index in [4.69, 9.17) is 4.74 Å². The van der Waals surface area contributed by atoms with Crippen LogP contribution in [0.25, 0.3) is 0 Å². The van der Waals surface area contributed by atoms with Gasteiger partial charge in [-0.05, 0) is 43.2 Å². The molecule has 1 unspecified atom stereocenters. The van der Waals surface area contributed by atoms with Crippen molar-refractivity contribution >= 4 is 5.91 Å². The van der Waals surface area contributed by atoms with Crippen LogP contribution >= 0.6 is 0 Å². The van der Waals surface area contributed by atoms with E-state index in [1.165, 1.54) is 19.3 Å². The van der Waals surface area contributed by atoms with Crippen LogP contribution in [0.2, 0.25) is 0 Å². The van der Waals surface area contributed by atoms with Crippen LogP contribution < -0.4 is 10.1 Å². The van der Waals surface area contributed by atoms with Crippen molar-refractivity contribution in [1.29, 1.82) is 0 Å². The number of rotatable bonds is 9. The van der Waals surface area contributed by atoms with E-state index in [1.807, 2.05) is 61.5 Å². The van der Waals surface area contributed by atoms with Gasteiger partial charge in [-0.2, -0.15) is 0 Å². The minimum Gasteiger partial charge on any atom is -0.494 e. The zero-order valence-electron chi connectivity index (χ0n) is 14.6. The highest BCUT2D eigenvalue weighted by Crippen LogP contribution is 2.15. The Morgan fingerprint density at radius 1 is 1.00 bits per heavy atom. The average molecular weight is 325 g/mol. The number of nitrogens with one attached hydrogen (secondary N) is 1. The van der Waals surface area contributed by atoms with E-state index in [2.05, 4.69) is 12.2 Å². The first-order valence-corrected chi connectivity index (χ1v) is 8.79. The first-order chi connectivity index (χ1) is 11.7. The second-order valence-corrected chi connectivity index (χ2v) is 6.04. The molecule has 2 aromatic carbocycles. The van der Waals surface area contributed by atoms with Gasteiger partial charge in [0.1, 0.15) is 5.75 Å². The van der Waals surface area contributed by atoms with Gasteiger partial charge in [0.15, 0.2) is 0 Å². The first-order valence-electron chi connectivity index (χ1n) is 8.79. The van der Waals surface area contributed by atoms with Gasteiger partial charge in [-0.15, -0.1) is 0 Å². The van der Waals surface area contributed by atoms with Crippen LogP contribution in [0.1, 0.15) is 61.5 Å². The van der Waals surface area contributed by atoms with Gasteiger partial charge in [0.2, 0.25) is 0 Å². The molecule has 2 rings (SSSR count). The molecule has 0 bridgehead atoms. The number of carbonyl (C=O) groups excluding carboxylic acids is 1. The van der Waals surface area contributed by atoms with Crippen LogP contribution in [0.3, 0.4) is 0 Å². The van der Waals surface area contributed by atoms with E-state index >= 15 is 0 Å². The molecule has 1 N–H and O–H groups in total. The first kappa shape index (κ1) is 18.1. The van der Waals surface area contributed by atoms with E-state index < -0.39 is 0 Å². The Bertz CT molecular complexity index is 607. The standard InChI is InChI=1S/C21H27NO2/c1-3-4-5-9-16-24-20-14-12-19(13-15-20)21(23)22-17(2)18-10-7-6-8-11-18/h6-8,10-15,17H,3-5,9,16H2,1-2H3,(H,22,23). The van der Waals surface area contributed by atoms with E-state index in [1.54, 1.807) is 0 Å². The van der Waals surface area contributed by atoms with Gasteiger partial charge >= 0.3 is 0 Å². The van der Waals surface area contributed by atoms with Gasteiger partial charge in [0.25, 0.3) is 5.91 Å². The van der Waals surface area contributed by atoms with Gasteiger partial charge < -0.3 is 10.1 Å². The highest BCUT2D eigenvalue weighted by molar-refractivity contribution is 5.94. The predicted molar refractivity (Wildman–Crippen MR) is 98.4 cm³/mol. The van der Waals surface area contributed by atoms with E-state index in [9.17, 15) is 4.79 Å². The molecule has 1 atom stereocenters. The Balaban J connectivity index is 1.82. The van der Waals surface area contributed by atoms with Crippen molar-refractivity contribution in [2.75, 3.05) is 6.61 Å². The fraction of sp³-hybridized carbons (Fsp3) is 0.381. The third kappa shape index (κ3) is 5.73. The molecule has 0 heterocycles. The van der Waals surface area contributed by atoms with Crippen LogP contribution in [0, 0.1) is 0 Å². The summed E-state index contributed by atoms with van der Waals surface area (Å²) >= 11 is 0. The largest absolute Gasteiger partial charge is 0.494 e. The van der Waals surface area contributed by atoms with E-state index in [-0.39, 0.29) is 11.9 Å². The summed E-state index contributed by atoms with van der Waals surface area (Å²) in [7, 11) is 0. The summed E-state index contributed by atoms with van der Waals surface area (Å²) in [6.07, 6.45) is 4.76. The fourth-order valence-corrected chi connectivity index (χ4v) is 2.53. The molecule has 1 amide bonds. The third-order valence-corrected chi connectivity index (χ3v) is 4.03. The Kier molecular flexibility index (Phi) is 7.34. The average Bonchev–Trinajstić information content (AvgIpc) is 2.62. The fourth-order valence-electron chi connectivity index (χ4n) is 2.53. The van der Waals surface area contributed by atoms with Gasteiger partial charge in [-0.3, -0.25) is 4.79 Å². The molecule has 0 radical (unpaired) electrons. The van der Waals surface area contributed by atoms with Crippen LogP contribution in [0.4, 0.5) is 0 Å². The SMILES string of the molecule is CCCCCCOc1ccc(C(=O)NC(C)c2ccccc2)cc1. The molecule has 0 aliphatic carbocycles. The summed E-state index contributed by atoms with van der Waals surface area (Å²) in [5.74, 6) is 0.750. The van der Waals surface area contributed by atoms with Crippen molar-refractivity contribution < 1.29 is 9.53 Å². The zero-order valence-corrected chi connectivity index (χ0v) is 14.6. The highest BCUT2D eigenvalue weighted by atomic mass is 16.5. The maximum atomic E-state index is 12.3. The topological polar surface area (TPSA) is 38.3 Å². The lowest BCUT2D eigenvalue weighted by Crippen LogP contribution is -2.26. The van der Waals surface area contributed by atoms with Crippen molar-refractivity contribution in [1.82, 2.24) is 5.32 Å². The summed E-state index contributed by atoms with van der Waals surface area (Å²) in [5.41, 5.74) is 1.74.